The zero-order valence-corrected chi connectivity index (χ0v) is 12.2. The molecule has 2 aromatic rings. The molecule has 0 aliphatic carbocycles. The van der Waals surface area contributed by atoms with Crippen LogP contribution < -0.4 is 5.32 Å². The summed E-state index contributed by atoms with van der Waals surface area (Å²) in [5.41, 5.74) is 1.19. The average Bonchev–Trinajstić information content (AvgIpc) is 2.97. The molecule has 6 nitrogen and oxygen atoms in total. The van der Waals surface area contributed by atoms with Crippen molar-refractivity contribution in [3.05, 3.63) is 41.7 Å². The molecule has 0 aliphatic heterocycles. The van der Waals surface area contributed by atoms with Crippen molar-refractivity contribution in [2.45, 2.75) is 25.9 Å². The van der Waals surface area contributed by atoms with E-state index in [2.05, 4.69) is 46.8 Å². The van der Waals surface area contributed by atoms with Gasteiger partial charge in [-0.15, -0.1) is 5.10 Å². The van der Waals surface area contributed by atoms with Crippen molar-refractivity contribution in [3.8, 4) is 0 Å². The molecule has 0 aliphatic rings. The summed E-state index contributed by atoms with van der Waals surface area (Å²) in [6.45, 7) is 5.58. The Morgan fingerprint density at radius 2 is 2.00 bits per heavy atom. The lowest BCUT2D eigenvalue weighted by molar-refractivity contribution is 0.195. The second-order valence-electron chi connectivity index (χ2n) is 4.74. The molecule has 2 unspecified atom stereocenters. The molecule has 0 radical (unpaired) electrons. The predicted octanol–water partition coefficient (Wildman–Crippen LogP) is 1.58. The first kappa shape index (κ1) is 14.6. The van der Waals surface area contributed by atoms with Crippen LogP contribution in [0.1, 0.15) is 37.3 Å². The van der Waals surface area contributed by atoms with Crippen molar-refractivity contribution in [1.82, 2.24) is 25.5 Å². The minimum atomic E-state index is 0.0753. The lowest BCUT2D eigenvalue weighted by Crippen LogP contribution is -2.26. The molecule has 1 heterocycles. The highest BCUT2D eigenvalue weighted by Crippen LogP contribution is 2.19. The number of tetrazole rings is 1. The van der Waals surface area contributed by atoms with Gasteiger partial charge < -0.3 is 10.1 Å². The van der Waals surface area contributed by atoms with Crippen molar-refractivity contribution < 1.29 is 4.74 Å². The summed E-state index contributed by atoms with van der Waals surface area (Å²) in [5, 5.41) is 15.4. The van der Waals surface area contributed by atoms with E-state index in [4.69, 9.17) is 4.74 Å². The summed E-state index contributed by atoms with van der Waals surface area (Å²) in [7, 11) is 1.69. The molecule has 0 saturated heterocycles. The van der Waals surface area contributed by atoms with Crippen molar-refractivity contribution >= 4 is 0 Å². The molecule has 1 aromatic heterocycles. The SMILES string of the molecule is COCCNC(C)c1nnnn1C(C)c1ccccc1. The maximum atomic E-state index is 5.04. The standard InChI is InChI=1S/C14H21N5O/c1-11(15-9-10-20-3)14-16-17-18-19(14)12(2)13-7-5-4-6-8-13/h4-8,11-12,15H,9-10H2,1-3H3. The lowest BCUT2D eigenvalue weighted by Gasteiger charge is -2.17. The Labute approximate surface area is 119 Å². The topological polar surface area (TPSA) is 64.9 Å². The summed E-state index contributed by atoms with van der Waals surface area (Å²) in [5.74, 6) is 0.831. The minimum absolute atomic E-state index is 0.0753. The van der Waals surface area contributed by atoms with Crippen LogP contribution in [0.2, 0.25) is 0 Å². The Bertz CT molecular complexity index is 513. The monoisotopic (exact) mass is 275 g/mol. The second kappa shape index (κ2) is 7.12. The normalized spacial score (nSPS) is 14.2. The summed E-state index contributed by atoms with van der Waals surface area (Å²) in [6.07, 6.45) is 0. The van der Waals surface area contributed by atoms with Crippen molar-refractivity contribution in [2.24, 2.45) is 0 Å². The number of hydrogen-bond donors (Lipinski definition) is 1. The fourth-order valence-corrected chi connectivity index (χ4v) is 2.10. The molecule has 0 saturated carbocycles. The number of ether oxygens (including phenoxy) is 1. The Morgan fingerprint density at radius 1 is 1.25 bits per heavy atom. The fraction of sp³-hybridized carbons (Fsp3) is 0.500. The van der Waals surface area contributed by atoms with E-state index in [-0.39, 0.29) is 12.1 Å². The number of nitrogens with zero attached hydrogens (tertiary/aromatic N) is 4. The van der Waals surface area contributed by atoms with E-state index < -0.39 is 0 Å². The molecule has 20 heavy (non-hydrogen) atoms. The first-order chi connectivity index (χ1) is 9.74. The Morgan fingerprint density at radius 3 is 2.70 bits per heavy atom. The van der Waals surface area contributed by atoms with Gasteiger partial charge in [0.05, 0.1) is 18.7 Å². The van der Waals surface area contributed by atoms with Gasteiger partial charge in [-0.1, -0.05) is 30.3 Å². The van der Waals surface area contributed by atoms with Gasteiger partial charge in [-0.05, 0) is 29.8 Å². The van der Waals surface area contributed by atoms with E-state index in [9.17, 15) is 0 Å². The maximum absolute atomic E-state index is 5.04. The smallest absolute Gasteiger partial charge is 0.168 e. The van der Waals surface area contributed by atoms with Crippen LogP contribution >= 0.6 is 0 Å². The number of aromatic nitrogens is 4. The first-order valence-corrected chi connectivity index (χ1v) is 6.79. The first-order valence-electron chi connectivity index (χ1n) is 6.79. The van der Waals surface area contributed by atoms with Gasteiger partial charge in [-0.2, -0.15) is 0 Å². The number of hydrogen-bond acceptors (Lipinski definition) is 5. The van der Waals surface area contributed by atoms with E-state index >= 15 is 0 Å². The zero-order valence-electron chi connectivity index (χ0n) is 12.2. The van der Waals surface area contributed by atoms with Crippen molar-refractivity contribution in [1.29, 1.82) is 0 Å². The highest BCUT2D eigenvalue weighted by Gasteiger charge is 2.18. The van der Waals surface area contributed by atoms with Crippen molar-refractivity contribution in [3.63, 3.8) is 0 Å². The van der Waals surface area contributed by atoms with Gasteiger partial charge >= 0.3 is 0 Å². The van der Waals surface area contributed by atoms with Crippen LogP contribution in [0.15, 0.2) is 30.3 Å². The summed E-state index contributed by atoms with van der Waals surface area (Å²) in [4.78, 5) is 0. The average molecular weight is 275 g/mol. The summed E-state index contributed by atoms with van der Waals surface area (Å²) < 4.78 is 6.90. The molecule has 0 amide bonds. The highest BCUT2D eigenvalue weighted by molar-refractivity contribution is 5.19. The molecule has 1 N–H and O–H groups in total. The predicted molar refractivity (Wildman–Crippen MR) is 76.4 cm³/mol. The largest absolute Gasteiger partial charge is 0.383 e. The van der Waals surface area contributed by atoms with Crippen LogP contribution in [0.4, 0.5) is 0 Å². The number of rotatable bonds is 7. The van der Waals surface area contributed by atoms with E-state index in [1.807, 2.05) is 22.9 Å². The third kappa shape index (κ3) is 3.40. The van der Waals surface area contributed by atoms with Crippen LogP contribution in [-0.4, -0.2) is 40.5 Å². The third-order valence-corrected chi connectivity index (χ3v) is 3.31. The van der Waals surface area contributed by atoms with E-state index in [1.54, 1.807) is 7.11 Å². The number of nitrogens with one attached hydrogen (secondary N) is 1. The van der Waals surface area contributed by atoms with Gasteiger partial charge in [0.15, 0.2) is 5.82 Å². The molecule has 2 rings (SSSR count). The zero-order chi connectivity index (χ0) is 14.4. The fourth-order valence-electron chi connectivity index (χ4n) is 2.10. The molecule has 108 valence electrons. The molecule has 0 spiro atoms. The summed E-state index contributed by atoms with van der Waals surface area (Å²) in [6, 6.07) is 10.4. The molecule has 6 heteroatoms. The second-order valence-corrected chi connectivity index (χ2v) is 4.74. The van der Waals surface area contributed by atoms with Gasteiger partial charge in [0.1, 0.15) is 0 Å². The van der Waals surface area contributed by atoms with Gasteiger partial charge in [-0.3, -0.25) is 0 Å². The van der Waals surface area contributed by atoms with E-state index in [0.717, 1.165) is 12.4 Å². The Kier molecular flexibility index (Phi) is 5.20. The van der Waals surface area contributed by atoms with Crippen molar-refractivity contribution in [2.75, 3.05) is 20.3 Å². The number of benzene rings is 1. The molecule has 2 atom stereocenters. The van der Waals surface area contributed by atoms with Crippen LogP contribution in [0.25, 0.3) is 0 Å². The van der Waals surface area contributed by atoms with Gasteiger partial charge in [0.2, 0.25) is 0 Å². The van der Waals surface area contributed by atoms with Gasteiger partial charge in [-0.25, -0.2) is 4.68 Å². The quantitative estimate of drug-likeness (QED) is 0.777. The molecule has 0 fully saturated rings. The molecular weight excluding hydrogens is 254 g/mol. The molecule has 0 bridgehead atoms. The third-order valence-electron chi connectivity index (χ3n) is 3.31. The Balaban J connectivity index is 2.12. The minimum Gasteiger partial charge on any atom is -0.383 e. The van der Waals surface area contributed by atoms with Crippen LogP contribution in [-0.2, 0) is 4.74 Å². The lowest BCUT2D eigenvalue weighted by atomic mass is 10.1. The van der Waals surface area contributed by atoms with Gasteiger partial charge in [0, 0.05) is 13.7 Å². The van der Waals surface area contributed by atoms with Crippen LogP contribution in [0, 0.1) is 0 Å². The van der Waals surface area contributed by atoms with Crippen LogP contribution in [0.5, 0.6) is 0 Å². The maximum Gasteiger partial charge on any atom is 0.168 e. The molecule has 1 aromatic carbocycles. The Hall–Kier alpha value is -1.79. The number of methoxy groups -OCH3 is 1. The van der Waals surface area contributed by atoms with Gasteiger partial charge in [0.25, 0.3) is 0 Å². The van der Waals surface area contributed by atoms with E-state index in [0.29, 0.717) is 6.61 Å². The van der Waals surface area contributed by atoms with Crippen LogP contribution in [0.3, 0.4) is 0 Å². The molecular formula is C14H21N5O. The van der Waals surface area contributed by atoms with E-state index in [1.165, 1.54) is 5.56 Å². The summed E-state index contributed by atoms with van der Waals surface area (Å²) >= 11 is 0. The highest BCUT2D eigenvalue weighted by atomic mass is 16.5.